The number of H-pyrrole nitrogens is 1. The Morgan fingerprint density at radius 1 is 1.18 bits per heavy atom. The molecule has 1 N–H and O–H groups in total. The molecule has 1 saturated carbocycles. The average Bonchev–Trinajstić information content (AvgIpc) is 3.04. The van der Waals surface area contributed by atoms with Gasteiger partial charge in [0.1, 0.15) is 5.69 Å². The van der Waals surface area contributed by atoms with Crippen molar-refractivity contribution in [3.63, 3.8) is 0 Å². The summed E-state index contributed by atoms with van der Waals surface area (Å²) >= 11 is 6.34. The number of carbonyl (C=O) groups excluding carboxylic acids is 2. The number of fused-ring (bicyclic) bond motifs is 1. The van der Waals surface area contributed by atoms with E-state index in [0.717, 1.165) is 24.1 Å². The summed E-state index contributed by atoms with van der Waals surface area (Å²) in [6, 6.07) is 7.65. The number of aromatic nitrogens is 1. The molecule has 5 heteroatoms. The van der Waals surface area contributed by atoms with Gasteiger partial charge >= 0.3 is 5.97 Å². The van der Waals surface area contributed by atoms with Gasteiger partial charge in [0.15, 0.2) is 5.78 Å². The molecule has 0 aliphatic heterocycles. The Hall–Kier alpha value is -2.07. The van der Waals surface area contributed by atoms with Gasteiger partial charge < -0.3 is 9.72 Å². The fourth-order valence-electron chi connectivity index (χ4n) is 4.68. The molecule has 0 unspecified atom stereocenters. The average molecular weight is 400 g/mol. The lowest BCUT2D eigenvalue weighted by Crippen LogP contribution is -2.19. The first kappa shape index (κ1) is 19.3. The smallest absolute Gasteiger partial charge is 0.355 e. The zero-order chi connectivity index (χ0) is 19.7. The molecule has 1 heterocycles. The lowest BCUT2D eigenvalue weighted by molar-refractivity contribution is 0.0403. The second-order valence-electron chi connectivity index (χ2n) is 8.13. The summed E-state index contributed by atoms with van der Waals surface area (Å²) in [6.45, 7) is 2.30. The number of benzene rings is 1. The van der Waals surface area contributed by atoms with Crippen LogP contribution in [0.25, 0.3) is 0 Å². The Balaban J connectivity index is 1.52. The second-order valence-corrected chi connectivity index (χ2v) is 8.54. The van der Waals surface area contributed by atoms with Gasteiger partial charge in [0.05, 0.1) is 6.61 Å². The van der Waals surface area contributed by atoms with Gasteiger partial charge in [0.25, 0.3) is 0 Å². The molecule has 4 nitrogen and oxygen atoms in total. The summed E-state index contributed by atoms with van der Waals surface area (Å²) in [5, 5.41) is 0.680. The lowest BCUT2D eigenvalue weighted by Gasteiger charge is -2.22. The van der Waals surface area contributed by atoms with Crippen LogP contribution in [0.15, 0.2) is 24.3 Å². The van der Waals surface area contributed by atoms with Crippen molar-refractivity contribution in [2.24, 2.45) is 5.92 Å². The van der Waals surface area contributed by atoms with E-state index in [0.29, 0.717) is 47.2 Å². The largest absolute Gasteiger partial charge is 0.461 e. The predicted molar refractivity (Wildman–Crippen MR) is 109 cm³/mol. The Morgan fingerprint density at radius 3 is 2.68 bits per heavy atom. The molecule has 2 aliphatic rings. The SMILES string of the molecule is Cc1c(C(=O)OCC2CCCCC2)[nH]c2c1C(=O)C[C@H](c1ccccc1Cl)C2. The number of carbonyl (C=O) groups is 2. The van der Waals surface area contributed by atoms with Crippen LogP contribution >= 0.6 is 11.6 Å². The third-order valence-electron chi connectivity index (χ3n) is 6.21. The number of Topliss-reactive ketones (excluding diaryl/α,β-unsaturated/α-hetero) is 1. The minimum atomic E-state index is -0.348. The molecule has 0 saturated heterocycles. The van der Waals surface area contributed by atoms with Crippen LogP contribution in [0.3, 0.4) is 0 Å². The number of ketones is 1. The molecule has 0 bridgehead atoms. The first-order chi connectivity index (χ1) is 13.5. The first-order valence-electron chi connectivity index (χ1n) is 10.2. The summed E-state index contributed by atoms with van der Waals surface area (Å²) in [6.07, 6.45) is 7.05. The van der Waals surface area contributed by atoms with Gasteiger partial charge in [0.2, 0.25) is 0 Å². The van der Waals surface area contributed by atoms with Gasteiger partial charge in [-0.1, -0.05) is 49.1 Å². The summed E-state index contributed by atoms with van der Waals surface area (Å²) in [4.78, 5) is 28.7. The van der Waals surface area contributed by atoms with Crippen LogP contribution in [-0.2, 0) is 11.2 Å². The molecule has 0 spiro atoms. The highest BCUT2D eigenvalue weighted by Gasteiger charge is 2.33. The van der Waals surface area contributed by atoms with Gasteiger partial charge in [-0.05, 0) is 55.2 Å². The number of hydrogen-bond acceptors (Lipinski definition) is 3. The molecule has 0 radical (unpaired) electrons. The Labute approximate surface area is 170 Å². The summed E-state index contributed by atoms with van der Waals surface area (Å²) in [7, 11) is 0. The van der Waals surface area contributed by atoms with Gasteiger partial charge in [-0.15, -0.1) is 0 Å². The number of esters is 1. The topological polar surface area (TPSA) is 59.2 Å². The molecule has 4 rings (SSSR count). The molecule has 1 fully saturated rings. The van der Waals surface area contributed by atoms with Crippen molar-refractivity contribution in [1.82, 2.24) is 4.98 Å². The molecular formula is C23H26ClNO3. The van der Waals surface area contributed by atoms with E-state index >= 15 is 0 Å². The first-order valence-corrected chi connectivity index (χ1v) is 10.6. The molecule has 2 aliphatic carbocycles. The Bertz CT molecular complexity index is 895. The summed E-state index contributed by atoms with van der Waals surface area (Å²) < 4.78 is 5.59. The monoisotopic (exact) mass is 399 g/mol. The number of nitrogens with one attached hydrogen (secondary N) is 1. The van der Waals surface area contributed by atoms with Crippen molar-refractivity contribution in [3.05, 3.63) is 57.4 Å². The number of rotatable bonds is 4. The molecule has 1 aromatic heterocycles. The van der Waals surface area contributed by atoms with Crippen LogP contribution in [0.4, 0.5) is 0 Å². The van der Waals surface area contributed by atoms with Crippen molar-refractivity contribution in [2.75, 3.05) is 6.61 Å². The summed E-state index contributed by atoms with van der Waals surface area (Å²) in [5.41, 5.74) is 3.60. The number of halogens is 1. The third-order valence-corrected chi connectivity index (χ3v) is 6.56. The molecule has 1 atom stereocenters. The van der Waals surface area contributed by atoms with Crippen LogP contribution in [0.5, 0.6) is 0 Å². The minimum Gasteiger partial charge on any atom is -0.461 e. The van der Waals surface area contributed by atoms with Crippen LogP contribution < -0.4 is 0 Å². The van der Waals surface area contributed by atoms with E-state index in [9.17, 15) is 9.59 Å². The number of ether oxygens (including phenoxy) is 1. The summed E-state index contributed by atoms with van der Waals surface area (Å²) in [5.74, 6) is 0.206. The molecule has 28 heavy (non-hydrogen) atoms. The number of hydrogen-bond donors (Lipinski definition) is 1. The van der Waals surface area contributed by atoms with E-state index in [4.69, 9.17) is 16.3 Å². The highest BCUT2D eigenvalue weighted by atomic mass is 35.5. The quantitative estimate of drug-likeness (QED) is 0.678. The van der Waals surface area contributed by atoms with Crippen molar-refractivity contribution in [3.8, 4) is 0 Å². The predicted octanol–water partition coefficient (Wildman–Crippen LogP) is 5.63. The van der Waals surface area contributed by atoms with Crippen LogP contribution in [-0.4, -0.2) is 23.3 Å². The van der Waals surface area contributed by atoms with E-state index in [1.165, 1.54) is 19.3 Å². The highest BCUT2D eigenvalue weighted by molar-refractivity contribution is 6.31. The molecular weight excluding hydrogens is 374 g/mol. The third kappa shape index (κ3) is 3.75. The zero-order valence-electron chi connectivity index (χ0n) is 16.2. The molecule has 148 valence electrons. The molecule has 0 amide bonds. The lowest BCUT2D eigenvalue weighted by atomic mass is 9.81. The number of aromatic amines is 1. The normalized spacial score (nSPS) is 20.1. The van der Waals surface area contributed by atoms with Crippen molar-refractivity contribution < 1.29 is 14.3 Å². The van der Waals surface area contributed by atoms with E-state index in [-0.39, 0.29) is 17.7 Å². The van der Waals surface area contributed by atoms with Gasteiger partial charge in [-0.3, -0.25) is 4.79 Å². The molecule has 1 aromatic carbocycles. The van der Waals surface area contributed by atoms with E-state index in [1.54, 1.807) is 0 Å². The van der Waals surface area contributed by atoms with Crippen molar-refractivity contribution >= 4 is 23.4 Å². The molecule has 2 aromatic rings. The van der Waals surface area contributed by atoms with Crippen LogP contribution in [0.2, 0.25) is 5.02 Å². The van der Waals surface area contributed by atoms with Gasteiger partial charge in [-0.25, -0.2) is 4.79 Å². The van der Waals surface area contributed by atoms with Crippen LogP contribution in [0.1, 0.15) is 82.1 Å². The van der Waals surface area contributed by atoms with Crippen LogP contribution in [0, 0.1) is 12.8 Å². The fourth-order valence-corrected chi connectivity index (χ4v) is 4.97. The van der Waals surface area contributed by atoms with Crippen molar-refractivity contribution in [2.45, 2.75) is 57.8 Å². The van der Waals surface area contributed by atoms with Gasteiger partial charge in [0, 0.05) is 22.7 Å². The van der Waals surface area contributed by atoms with E-state index in [1.807, 2.05) is 31.2 Å². The Morgan fingerprint density at radius 2 is 1.93 bits per heavy atom. The second kappa shape index (κ2) is 8.12. The maximum absolute atomic E-state index is 12.8. The van der Waals surface area contributed by atoms with Gasteiger partial charge in [-0.2, -0.15) is 0 Å². The Kier molecular flexibility index (Phi) is 5.58. The van der Waals surface area contributed by atoms with E-state index < -0.39 is 0 Å². The zero-order valence-corrected chi connectivity index (χ0v) is 17.0. The van der Waals surface area contributed by atoms with Crippen molar-refractivity contribution in [1.29, 1.82) is 0 Å². The highest BCUT2D eigenvalue weighted by Crippen LogP contribution is 2.37. The standard InChI is InChI=1S/C23H26ClNO3/c1-14-21-19(11-16(12-20(21)26)17-9-5-6-10-18(17)24)25-22(14)23(27)28-13-15-7-3-2-4-8-15/h5-6,9-10,15-16,25H,2-4,7-8,11-13H2,1H3/t16-/m1/s1. The maximum Gasteiger partial charge on any atom is 0.355 e. The minimum absolute atomic E-state index is 0.0258. The van der Waals surface area contributed by atoms with E-state index in [2.05, 4.69) is 4.98 Å². The maximum atomic E-state index is 12.8. The fraction of sp³-hybridized carbons (Fsp3) is 0.478.